The molecule has 0 aliphatic rings. The maximum atomic E-state index is 12.2. The molecule has 0 aliphatic carbocycles. The first kappa shape index (κ1) is 14.8. The average Bonchev–Trinajstić information content (AvgIpc) is 2.33. The number of nitrogens with zero attached hydrogens (tertiary/aromatic N) is 1. The number of carbonyl (C=O) groups excluding carboxylic acids is 1. The second-order valence-electron chi connectivity index (χ2n) is 3.85. The number of hydrogen-bond acceptors (Lipinski definition) is 3. The number of anilines is 1. The molecule has 0 atom stereocenters. The van der Waals surface area contributed by atoms with Crippen LogP contribution in [-0.4, -0.2) is 37.1 Å². The van der Waals surface area contributed by atoms with Gasteiger partial charge in [-0.25, -0.2) is 0 Å². The fourth-order valence-electron chi connectivity index (χ4n) is 1.64. The molecule has 0 saturated heterocycles. The van der Waals surface area contributed by atoms with E-state index in [4.69, 9.17) is 22.1 Å². The van der Waals surface area contributed by atoms with E-state index in [1.807, 2.05) is 13.8 Å². The Hall–Kier alpha value is -1.26. The van der Waals surface area contributed by atoms with Crippen LogP contribution in [0.2, 0.25) is 5.02 Å². The number of halogens is 1. The van der Waals surface area contributed by atoms with Gasteiger partial charge in [0.15, 0.2) is 0 Å². The second kappa shape index (κ2) is 7.24. The summed E-state index contributed by atoms with van der Waals surface area (Å²) in [5.74, 6) is -0.0774. The molecule has 4 nitrogen and oxygen atoms in total. The Morgan fingerprint density at radius 3 is 2.67 bits per heavy atom. The first-order valence-electron chi connectivity index (χ1n) is 6.01. The van der Waals surface area contributed by atoms with Crippen molar-refractivity contribution in [3.8, 4) is 0 Å². The summed E-state index contributed by atoms with van der Waals surface area (Å²) in [5.41, 5.74) is 6.69. The summed E-state index contributed by atoms with van der Waals surface area (Å²) in [5, 5.41) is 0.471. The van der Waals surface area contributed by atoms with Crippen molar-refractivity contribution in [1.82, 2.24) is 4.90 Å². The largest absolute Gasteiger partial charge is 0.399 e. The summed E-state index contributed by atoms with van der Waals surface area (Å²) in [6, 6.07) is 4.88. The minimum atomic E-state index is -0.0774. The summed E-state index contributed by atoms with van der Waals surface area (Å²) >= 11 is 5.89. The van der Waals surface area contributed by atoms with E-state index in [-0.39, 0.29) is 5.91 Å². The predicted molar refractivity (Wildman–Crippen MR) is 73.9 cm³/mol. The fourth-order valence-corrected chi connectivity index (χ4v) is 1.88. The molecule has 0 unspecified atom stereocenters. The van der Waals surface area contributed by atoms with Gasteiger partial charge in [-0.2, -0.15) is 0 Å². The normalized spacial score (nSPS) is 10.4. The van der Waals surface area contributed by atoms with Crippen LogP contribution in [0.1, 0.15) is 24.2 Å². The lowest BCUT2D eigenvalue weighted by Gasteiger charge is -2.21. The van der Waals surface area contributed by atoms with Crippen molar-refractivity contribution in [2.75, 3.05) is 32.0 Å². The Morgan fingerprint density at radius 1 is 1.39 bits per heavy atom. The van der Waals surface area contributed by atoms with Gasteiger partial charge in [0.2, 0.25) is 0 Å². The first-order chi connectivity index (χ1) is 8.58. The number of amides is 1. The lowest BCUT2D eigenvalue weighted by molar-refractivity contribution is 0.0669. The Labute approximate surface area is 113 Å². The third-order valence-corrected chi connectivity index (χ3v) is 2.76. The molecule has 100 valence electrons. The van der Waals surface area contributed by atoms with Gasteiger partial charge in [-0.1, -0.05) is 11.6 Å². The molecule has 0 heterocycles. The highest BCUT2D eigenvalue weighted by molar-refractivity contribution is 6.31. The van der Waals surface area contributed by atoms with Crippen molar-refractivity contribution in [3.63, 3.8) is 0 Å². The Kier molecular flexibility index (Phi) is 5.95. The van der Waals surface area contributed by atoms with E-state index in [1.54, 1.807) is 23.1 Å². The zero-order valence-corrected chi connectivity index (χ0v) is 11.5. The zero-order chi connectivity index (χ0) is 13.5. The molecule has 0 radical (unpaired) electrons. The molecule has 1 amide bonds. The van der Waals surface area contributed by atoms with Crippen molar-refractivity contribution in [3.05, 3.63) is 28.8 Å². The van der Waals surface area contributed by atoms with Gasteiger partial charge in [-0.05, 0) is 32.0 Å². The van der Waals surface area contributed by atoms with Crippen LogP contribution in [0.4, 0.5) is 5.69 Å². The summed E-state index contributed by atoms with van der Waals surface area (Å²) in [6.45, 7) is 6.23. The van der Waals surface area contributed by atoms with E-state index < -0.39 is 0 Å². The van der Waals surface area contributed by atoms with Gasteiger partial charge < -0.3 is 15.4 Å². The molecule has 5 heteroatoms. The van der Waals surface area contributed by atoms with Crippen LogP contribution in [0, 0.1) is 0 Å². The highest BCUT2D eigenvalue weighted by Crippen LogP contribution is 2.18. The maximum absolute atomic E-state index is 12.2. The third kappa shape index (κ3) is 4.20. The lowest BCUT2D eigenvalue weighted by Crippen LogP contribution is -2.33. The van der Waals surface area contributed by atoms with E-state index in [2.05, 4.69) is 0 Å². The van der Waals surface area contributed by atoms with E-state index in [0.717, 1.165) is 0 Å². The van der Waals surface area contributed by atoms with Gasteiger partial charge in [0.05, 0.1) is 6.61 Å². The monoisotopic (exact) mass is 270 g/mol. The standard InChI is InChI=1S/C13H19ClN2O2/c1-3-16(5-6-18-4-2)13(17)10-7-11(14)9-12(15)8-10/h7-9H,3-6,15H2,1-2H3. The molecule has 0 spiro atoms. The topological polar surface area (TPSA) is 55.6 Å². The van der Waals surface area contributed by atoms with Crippen molar-refractivity contribution < 1.29 is 9.53 Å². The van der Waals surface area contributed by atoms with Crippen LogP contribution >= 0.6 is 11.6 Å². The summed E-state index contributed by atoms with van der Waals surface area (Å²) in [6.07, 6.45) is 0. The van der Waals surface area contributed by atoms with Crippen molar-refractivity contribution in [2.45, 2.75) is 13.8 Å². The molecule has 0 aromatic heterocycles. The molecule has 0 saturated carbocycles. The highest BCUT2D eigenvalue weighted by atomic mass is 35.5. The van der Waals surface area contributed by atoms with Gasteiger partial charge in [-0.15, -0.1) is 0 Å². The average molecular weight is 271 g/mol. The van der Waals surface area contributed by atoms with Crippen LogP contribution in [0.25, 0.3) is 0 Å². The Bertz CT molecular complexity index is 390. The number of rotatable bonds is 6. The van der Waals surface area contributed by atoms with Gasteiger partial charge in [-0.3, -0.25) is 4.79 Å². The fraction of sp³-hybridized carbons (Fsp3) is 0.462. The van der Waals surface area contributed by atoms with Crippen LogP contribution in [0.3, 0.4) is 0 Å². The molecular weight excluding hydrogens is 252 g/mol. The number of carbonyl (C=O) groups is 1. The predicted octanol–water partition coefficient (Wildman–Crippen LogP) is 2.42. The molecule has 0 aliphatic heterocycles. The number of ether oxygens (including phenoxy) is 1. The molecule has 1 rings (SSSR count). The molecule has 18 heavy (non-hydrogen) atoms. The number of likely N-dealkylation sites (N-methyl/N-ethyl adjacent to an activating group) is 1. The SMILES string of the molecule is CCOCCN(CC)C(=O)c1cc(N)cc(Cl)c1. The third-order valence-electron chi connectivity index (χ3n) is 2.55. The number of benzene rings is 1. The van der Waals surface area contributed by atoms with Crippen LogP contribution < -0.4 is 5.73 Å². The van der Waals surface area contributed by atoms with E-state index in [9.17, 15) is 4.79 Å². The molecule has 2 N–H and O–H groups in total. The zero-order valence-electron chi connectivity index (χ0n) is 10.8. The summed E-state index contributed by atoms with van der Waals surface area (Å²) in [7, 11) is 0. The quantitative estimate of drug-likeness (QED) is 0.638. The number of nitrogens with two attached hydrogens (primary N) is 1. The summed E-state index contributed by atoms with van der Waals surface area (Å²) < 4.78 is 5.25. The highest BCUT2D eigenvalue weighted by Gasteiger charge is 2.14. The van der Waals surface area contributed by atoms with Crippen LogP contribution in [-0.2, 0) is 4.74 Å². The molecule has 1 aromatic rings. The van der Waals surface area contributed by atoms with E-state index >= 15 is 0 Å². The van der Waals surface area contributed by atoms with Crippen molar-refractivity contribution >= 4 is 23.2 Å². The second-order valence-corrected chi connectivity index (χ2v) is 4.29. The lowest BCUT2D eigenvalue weighted by atomic mass is 10.1. The minimum absolute atomic E-state index is 0.0774. The van der Waals surface area contributed by atoms with E-state index in [1.165, 1.54) is 0 Å². The first-order valence-corrected chi connectivity index (χ1v) is 6.39. The summed E-state index contributed by atoms with van der Waals surface area (Å²) in [4.78, 5) is 13.9. The Balaban J connectivity index is 2.76. The molecular formula is C13H19ClN2O2. The van der Waals surface area contributed by atoms with Crippen molar-refractivity contribution in [1.29, 1.82) is 0 Å². The van der Waals surface area contributed by atoms with Crippen molar-refractivity contribution in [2.24, 2.45) is 0 Å². The maximum Gasteiger partial charge on any atom is 0.254 e. The number of hydrogen-bond donors (Lipinski definition) is 1. The van der Waals surface area contributed by atoms with Gasteiger partial charge in [0.1, 0.15) is 0 Å². The minimum Gasteiger partial charge on any atom is -0.399 e. The Morgan fingerprint density at radius 2 is 2.11 bits per heavy atom. The molecule has 0 bridgehead atoms. The van der Waals surface area contributed by atoms with Crippen LogP contribution in [0.5, 0.6) is 0 Å². The van der Waals surface area contributed by atoms with Gasteiger partial charge >= 0.3 is 0 Å². The smallest absolute Gasteiger partial charge is 0.254 e. The number of nitrogen functional groups attached to an aromatic ring is 1. The molecule has 1 aromatic carbocycles. The molecule has 0 fully saturated rings. The van der Waals surface area contributed by atoms with Crippen LogP contribution in [0.15, 0.2) is 18.2 Å². The van der Waals surface area contributed by atoms with Gasteiger partial charge in [0.25, 0.3) is 5.91 Å². The van der Waals surface area contributed by atoms with E-state index in [0.29, 0.717) is 42.6 Å². The van der Waals surface area contributed by atoms with Gasteiger partial charge in [0, 0.05) is 36.0 Å².